The number of hydrogen-bond acceptors (Lipinski definition) is 2. The SMILES string of the molecule is CC(c1cccc(Cl)c1)N(C)c1ccc(Cl)cc1C(=N)N. The van der Waals surface area contributed by atoms with Gasteiger partial charge in [-0.05, 0) is 42.8 Å². The predicted molar refractivity (Wildman–Crippen MR) is 90.7 cm³/mol. The molecule has 0 aliphatic heterocycles. The minimum absolute atomic E-state index is 0.00218. The average Bonchev–Trinajstić information content (AvgIpc) is 2.45. The van der Waals surface area contributed by atoms with Crippen LogP contribution in [-0.4, -0.2) is 12.9 Å². The zero-order chi connectivity index (χ0) is 15.6. The third-order valence-electron chi connectivity index (χ3n) is 3.54. The molecule has 2 aromatic rings. The lowest BCUT2D eigenvalue weighted by Gasteiger charge is -2.29. The number of rotatable bonds is 4. The topological polar surface area (TPSA) is 53.1 Å². The van der Waals surface area contributed by atoms with Gasteiger partial charge in [0.1, 0.15) is 5.84 Å². The fourth-order valence-electron chi connectivity index (χ4n) is 2.23. The Morgan fingerprint density at radius 2 is 1.81 bits per heavy atom. The highest BCUT2D eigenvalue weighted by atomic mass is 35.5. The standard InChI is InChI=1S/C16H17Cl2N3/c1-10(11-4-3-5-12(17)8-11)21(2)15-7-6-13(18)9-14(15)16(19)20/h3-10H,1-2H3,(H3,19,20). The minimum atomic E-state index is -0.00218. The van der Waals surface area contributed by atoms with Gasteiger partial charge in [0.15, 0.2) is 0 Å². The molecule has 0 aromatic heterocycles. The Morgan fingerprint density at radius 3 is 2.43 bits per heavy atom. The number of nitrogens with one attached hydrogen (secondary N) is 1. The summed E-state index contributed by atoms with van der Waals surface area (Å²) in [5, 5.41) is 8.98. The molecule has 3 nitrogen and oxygen atoms in total. The van der Waals surface area contributed by atoms with E-state index in [0.717, 1.165) is 11.3 Å². The van der Waals surface area contributed by atoms with Crippen LogP contribution in [0.25, 0.3) is 0 Å². The molecule has 0 spiro atoms. The molecule has 0 fully saturated rings. The fourth-order valence-corrected chi connectivity index (χ4v) is 2.60. The summed E-state index contributed by atoms with van der Waals surface area (Å²) >= 11 is 12.0. The Bertz CT molecular complexity index is 670. The first-order valence-electron chi connectivity index (χ1n) is 6.52. The van der Waals surface area contributed by atoms with Crippen molar-refractivity contribution in [3.63, 3.8) is 0 Å². The zero-order valence-electron chi connectivity index (χ0n) is 11.9. The smallest absolute Gasteiger partial charge is 0.124 e. The monoisotopic (exact) mass is 321 g/mol. The van der Waals surface area contributed by atoms with E-state index in [1.165, 1.54) is 0 Å². The number of hydrogen-bond donors (Lipinski definition) is 2. The molecule has 1 atom stereocenters. The highest BCUT2D eigenvalue weighted by molar-refractivity contribution is 6.31. The van der Waals surface area contributed by atoms with Crippen LogP contribution in [0, 0.1) is 5.41 Å². The van der Waals surface area contributed by atoms with Gasteiger partial charge in [-0.15, -0.1) is 0 Å². The van der Waals surface area contributed by atoms with Gasteiger partial charge < -0.3 is 10.6 Å². The van der Waals surface area contributed by atoms with Crippen LogP contribution in [-0.2, 0) is 0 Å². The fraction of sp³-hybridized carbons (Fsp3) is 0.188. The normalized spacial score (nSPS) is 12.0. The second-order valence-electron chi connectivity index (χ2n) is 4.92. The van der Waals surface area contributed by atoms with Crippen molar-refractivity contribution < 1.29 is 0 Å². The van der Waals surface area contributed by atoms with E-state index in [4.69, 9.17) is 34.3 Å². The largest absolute Gasteiger partial charge is 0.384 e. The van der Waals surface area contributed by atoms with Crippen molar-refractivity contribution in [2.75, 3.05) is 11.9 Å². The Labute approximate surface area is 134 Å². The van der Waals surface area contributed by atoms with Crippen LogP contribution in [0.2, 0.25) is 10.0 Å². The van der Waals surface area contributed by atoms with Crippen molar-refractivity contribution in [2.24, 2.45) is 5.73 Å². The number of nitrogens with zero attached hydrogens (tertiary/aromatic N) is 1. The summed E-state index contributed by atoms with van der Waals surface area (Å²) in [5.74, 6) is -0.00218. The summed E-state index contributed by atoms with van der Waals surface area (Å²) < 4.78 is 0. The van der Waals surface area contributed by atoms with Gasteiger partial charge >= 0.3 is 0 Å². The van der Waals surface area contributed by atoms with E-state index < -0.39 is 0 Å². The Kier molecular flexibility index (Phi) is 4.76. The quantitative estimate of drug-likeness (QED) is 0.644. The maximum atomic E-state index is 7.72. The van der Waals surface area contributed by atoms with Crippen molar-refractivity contribution in [3.05, 3.63) is 63.6 Å². The number of amidine groups is 1. The van der Waals surface area contributed by atoms with Gasteiger partial charge in [-0.1, -0.05) is 35.3 Å². The van der Waals surface area contributed by atoms with Crippen LogP contribution >= 0.6 is 23.2 Å². The molecule has 21 heavy (non-hydrogen) atoms. The van der Waals surface area contributed by atoms with Gasteiger partial charge in [0.25, 0.3) is 0 Å². The van der Waals surface area contributed by atoms with Crippen LogP contribution in [0.1, 0.15) is 24.1 Å². The lowest BCUT2D eigenvalue weighted by atomic mass is 10.0. The molecule has 0 amide bonds. The van der Waals surface area contributed by atoms with E-state index in [0.29, 0.717) is 15.6 Å². The molecule has 5 heteroatoms. The average molecular weight is 322 g/mol. The summed E-state index contributed by atoms with van der Waals surface area (Å²) in [7, 11) is 1.96. The van der Waals surface area contributed by atoms with Crippen molar-refractivity contribution >= 4 is 34.7 Å². The number of nitrogen functional groups attached to an aromatic ring is 1. The summed E-state index contributed by atoms with van der Waals surface area (Å²) in [6.45, 7) is 2.07. The molecule has 0 saturated carbocycles. The summed E-state index contributed by atoms with van der Waals surface area (Å²) in [4.78, 5) is 2.05. The molecule has 1 unspecified atom stereocenters. The maximum absolute atomic E-state index is 7.72. The number of anilines is 1. The van der Waals surface area contributed by atoms with E-state index in [1.54, 1.807) is 12.1 Å². The third kappa shape index (κ3) is 3.49. The molecule has 0 aliphatic carbocycles. The molecular formula is C16H17Cl2N3. The van der Waals surface area contributed by atoms with E-state index in [9.17, 15) is 0 Å². The van der Waals surface area contributed by atoms with E-state index >= 15 is 0 Å². The first-order valence-corrected chi connectivity index (χ1v) is 7.28. The molecule has 0 aliphatic rings. The number of benzene rings is 2. The lowest BCUT2D eigenvalue weighted by Crippen LogP contribution is -2.25. The van der Waals surface area contributed by atoms with E-state index in [-0.39, 0.29) is 11.9 Å². The first kappa shape index (κ1) is 15.7. The molecule has 2 aromatic carbocycles. The van der Waals surface area contributed by atoms with Crippen LogP contribution in [0.15, 0.2) is 42.5 Å². The first-order chi connectivity index (χ1) is 9.90. The Morgan fingerprint density at radius 1 is 1.14 bits per heavy atom. The highest BCUT2D eigenvalue weighted by Gasteiger charge is 2.17. The van der Waals surface area contributed by atoms with Crippen LogP contribution in [0.5, 0.6) is 0 Å². The van der Waals surface area contributed by atoms with Gasteiger partial charge in [0, 0.05) is 28.3 Å². The zero-order valence-corrected chi connectivity index (χ0v) is 13.4. The Hall–Kier alpha value is -1.71. The summed E-state index contributed by atoms with van der Waals surface area (Å²) in [6, 6.07) is 13.2. The van der Waals surface area contributed by atoms with Gasteiger partial charge in [-0.3, -0.25) is 5.41 Å². The minimum Gasteiger partial charge on any atom is -0.384 e. The van der Waals surface area contributed by atoms with Gasteiger partial charge in [-0.25, -0.2) is 0 Å². The third-order valence-corrected chi connectivity index (χ3v) is 4.01. The lowest BCUT2D eigenvalue weighted by molar-refractivity contribution is 0.739. The molecule has 0 heterocycles. The van der Waals surface area contributed by atoms with Gasteiger partial charge in [0.05, 0.1) is 6.04 Å². The number of halogens is 2. The van der Waals surface area contributed by atoms with Crippen molar-refractivity contribution in [1.82, 2.24) is 0 Å². The van der Waals surface area contributed by atoms with Crippen molar-refractivity contribution in [3.8, 4) is 0 Å². The molecule has 2 rings (SSSR count). The summed E-state index contributed by atoms with van der Waals surface area (Å²) in [6.07, 6.45) is 0. The van der Waals surface area contributed by atoms with Crippen LogP contribution < -0.4 is 10.6 Å². The number of nitrogens with two attached hydrogens (primary N) is 1. The Balaban J connectivity index is 2.40. The molecule has 110 valence electrons. The highest BCUT2D eigenvalue weighted by Crippen LogP contribution is 2.30. The summed E-state index contributed by atoms with van der Waals surface area (Å²) in [5.41, 5.74) is 8.24. The van der Waals surface area contributed by atoms with Crippen LogP contribution in [0.3, 0.4) is 0 Å². The second-order valence-corrected chi connectivity index (χ2v) is 5.79. The maximum Gasteiger partial charge on any atom is 0.124 e. The van der Waals surface area contributed by atoms with E-state index in [1.807, 2.05) is 37.4 Å². The molecule has 0 radical (unpaired) electrons. The molecule has 0 bridgehead atoms. The van der Waals surface area contributed by atoms with Gasteiger partial charge in [-0.2, -0.15) is 0 Å². The second kappa shape index (κ2) is 6.37. The van der Waals surface area contributed by atoms with Gasteiger partial charge in [0.2, 0.25) is 0 Å². The molecule has 3 N–H and O–H groups in total. The molecular weight excluding hydrogens is 305 g/mol. The molecule has 0 saturated heterocycles. The van der Waals surface area contributed by atoms with E-state index in [2.05, 4.69) is 11.8 Å². The van der Waals surface area contributed by atoms with Crippen molar-refractivity contribution in [1.29, 1.82) is 5.41 Å². The van der Waals surface area contributed by atoms with Crippen molar-refractivity contribution in [2.45, 2.75) is 13.0 Å². The predicted octanol–water partition coefficient (Wildman–Crippen LogP) is 4.47. The van der Waals surface area contributed by atoms with Crippen LogP contribution in [0.4, 0.5) is 5.69 Å².